The topological polar surface area (TPSA) is 84.1 Å². The molecule has 0 aliphatic carbocycles. The molecule has 0 spiro atoms. The first kappa shape index (κ1) is 10.8. The molecule has 86 valence electrons. The van der Waals surface area contributed by atoms with E-state index < -0.39 is 5.91 Å². The first-order valence-electron chi connectivity index (χ1n) is 5.39. The van der Waals surface area contributed by atoms with E-state index in [9.17, 15) is 4.79 Å². The third kappa shape index (κ3) is 2.27. The summed E-state index contributed by atoms with van der Waals surface area (Å²) in [6.07, 6.45) is 6.67. The summed E-state index contributed by atoms with van der Waals surface area (Å²) in [7, 11) is 0. The number of hydrazine groups is 1. The van der Waals surface area contributed by atoms with Crippen molar-refractivity contribution in [1.82, 2.24) is 15.4 Å². The summed E-state index contributed by atoms with van der Waals surface area (Å²) in [5, 5.41) is 0. The van der Waals surface area contributed by atoms with Crippen LogP contribution in [0.2, 0.25) is 0 Å². The van der Waals surface area contributed by atoms with Gasteiger partial charge in [0, 0.05) is 13.1 Å². The van der Waals surface area contributed by atoms with Gasteiger partial charge in [0.15, 0.2) is 0 Å². The highest BCUT2D eigenvalue weighted by molar-refractivity contribution is 5.91. The van der Waals surface area contributed by atoms with Gasteiger partial charge in [0.25, 0.3) is 5.91 Å². The van der Waals surface area contributed by atoms with Crippen molar-refractivity contribution in [1.29, 1.82) is 0 Å². The highest BCUT2D eigenvalue weighted by Gasteiger charge is 2.14. The van der Waals surface area contributed by atoms with E-state index in [1.54, 1.807) is 6.20 Å². The average molecular weight is 221 g/mol. The number of rotatable bonds is 2. The number of nitrogens with two attached hydrogens (primary N) is 1. The van der Waals surface area contributed by atoms with E-state index in [0.717, 1.165) is 31.7 Å². The summed E-state index contributed by atoms with van der Waals surface area (Å²) in [6, 6.07) is 0. The number of piperidine rings is 1. The Kier molecular flexibility index (Phi) is 3.31. The van der Waals surface area contributed by atoms with Crippen molar-refractivity contribution in [3.8, 4) is 0 Å². The van der Waals surface area contributed by atoms with Crippen molar-refractivity contribution in [2.75, 3.05) is 18.0 Å². The molecule has 0 bridgehead atoms. The van der Waals surface area contributed by atoms with Gasteiger partial charge in [-0.3, -0.25) is 15.2 Å². The third-order valence-electron chi connectivity index (χ3n) is 2.67. The van der Waals surface area contributed by atoms with Crippen molar-refractivity contribution in [2.45, 2.75) is 19.3 Å². The molecule has 1 aliphatic heterocycles. The SMILES string of the molecule is NNC(=O)c1cncc(N2CCCCC2)n1. The number of nitrogens with one attached hydrogen (secondary N) is 1. The molecule has 1 amide bonds. The van der Waals surface area contributed by atoms with Crippen LogP contribution in [0.4, 0.5) is 5.82 Å². The van der Waals surface area contributed by atoms with Crippen LogP contribution in [0.5, 0.6) is 0 Å². The predicted molar refractivity (Wildman–Crippen MR) is 59.7 cm³/mol. The van der Waals surface area contributed by atoms with E-state index in [0.29, 0.717) is 0 Å². The van der Waals surface area contributed by atoms with Gasteiger partial charge < -0.3 is 4.90 Å². The Morgan fingerprint density at radius 1 is 1.31 bits per heavy atom. The van der Waals surface area contributed by atoms with E-state index in [2.05, 4.69) is 20.3 Å². The molecule has 1 fully saturated rings. The van der Waals surface area contributed by atoms with Crippen LogP contribution in [-0.4, -0.2) is 29.0 Å². The van der Waals surface area contributed by atoms with E-state index in [4.69, 9.17) is 5.84 Å². The van der Waals surface area contributed by atoms with Crippen molar-refractivity contribution >= 4 is 11.7 Å². The molecule has 0 unspecified atom stereocenters. The van der Waals surface area contributed by atoms with E-state index in [1.165, 1.54) is 12.6 Å². The lowest BCUT2D eigenvalue weighted by atomic mass is 10.1. The molecular weight excluding hydrogens is 206 g/mol. The zero-order chi connectivity index (χ0) is 11.4. The van der Waals surface area contributed by atoms with Crippen molar-refractivity contribution < 1.29 is 4.79 Å². The fourth-order valence-electron chi connectivity index (χ4n) is 1.81. The zero-order valence-corrected chi connectivity index (χ0v) is 9.02. The molecule has 3 N–H and O–H groups in total. The van der Waals surface area contributed by atoms with Crippen molar-refractivity contribution in [3.63, 3.8) is 0 Å². The van der Waals surface area contributed by atoms with E-state index in [-0.39, 0.29) is 5.69 Å². The molecule has 1 aromatic rings. The van der Waals surface area contributed by atoms with Gasteiger partial charge in [0.1, 0.15) is 11.5 Å². The molecule has 2 heterocycles. The minimum Gasteiger partial charge on any atom is -0.355 e. The summed E-state index contributed by atoms with van der Waals surface area (Å²) in [5.41, 5.74) is 2.31. The second-order valence-electron chi connectivity index (χ2n) is 3.78. The summed E-state index contributed by atoms with van der Waals surface area (Å²) in [4.78, 5) is 21.7. The molecule has 1 saturated heterocycles. The highest BCUT2D eigenvalue weighted by Crippen LogP contribution is 2.16. The van der Waals surface area contributed by atoms with Crippen molar-refractivity contribution in [3.05, 3.63) is 18.1 Å². The normalized spacial score (nSPS) is 15.9. The van der Waals surface area contributed by atoms with Crippen LogP contribution in [0.25, 0.3) is 0 Å². The molecule has 0 saturated carbocycles. The van der Waals surface area contributed by atoms with Gasteiger partial charge in [-0.15, -0.1) is 0 Å². The van der Waals surface area contributed by atoms with Crippen LogP contribution in [0.15, 0.2) is 12.4 Å². The molecule has 0 aromatic carbocycles. The maximum absolute atomic E-state index is 11.3. The number of nitrogens with zero attached hydrogens (tertiary/aromatic N) is 3. The molecule has 1 aromatic heterocycles. The molecule has 6 nitrogen and oxygen atoms in total. The number of hydrogen-bond donors (Lipinski definition) is 2. The number of aromatic nitrogens is 2. The largest absolute Gasteiger partial charge is 0.355 e. The standard InChI is InChI=1S/C10H15N5O/c11-14-10(16)8-6-12-7-9(13-8)15-4-2-1-3-5-15/h6-7H,1-5,11H2,(H,14,16). The average Bonchev–Trinajstić information content (AvgIpc) is 2.39. The summed E-state index contributed by atoms with van der Waals surface area (Å²) >= 11 is 0. The van der Waals surface area contributed by atoms with Crippen LogP contribution in [-0.2, 0) is 0 Å². The van der Waals surface area contributed by atoms with Crippen LogP contribution in [0, 0.1) is 0 Å². The molecule has 16 heavy (non-hydrogen) atoms. The Morgan fingerprint density at radius 3 is 2.75 bits per heavy atom. The first-order valence-corrected chi connectivity index (χ1v) is 5.39. The maximum Gasteiger partial charge on any atom is 0.285 e. The summed E-state index contributed by atoms with van der Waals surface area (Å²) in [5.74, 6) is 5.39. The van der Waals surface area contributed by atoms with Gasteiger partial charge in [0.2, 0.25) is 0 Å². The number of nitrogen functional groups attached to an aromatic ring is 1. The van der Waals surface area contributed by atoms with Gasteiger partial charge in [-0.2, -0.15) is 0 Å². The fraction of sp³-hybridized carbons (Fsp3) is 0.500. The van der Waals surface area contributed by atoms with Crippen molar-refractivity contribution in [2.24, 2.45) is 5.84 Å². The van der Waals surface area contributed by atoms with E-state index in [1.807, 2.05) is 0 Å². The minimum absolute atomic E-state index is 0.255. The molecule has 2 rings (SSSR count). The predicted octanol–water partition coefficient (Wildman–Crippen LogP) is 0.0704. The number of hydrogen-bond acceptors (Lipinski definition) is 5. The summed E-state index contributed by atoms with van der Waals surface area (Å²) in [6.45, 7) is 1.95. The number of amides is 1. The van der Waals surface area contributed by atoms with Gasteiger partial charge in [-0.05, 0) is 19.3 Å². The Balaban J connectivity index is 2.17. The second-order valence-corrected chi connectivity index (χ2v) is 3.78. The Bertz CT molecular complexity index is 375. The third-order valence-corrected chi connectivity index (χ3v) is 2.67. The lowest BCUT2D eigenvalue weighted by Crippen LogP contribution is -2.33. The fourth-order valence-corrected chi connectivity index (χ4v) is 1.81. The number of carbonyl (C=O) groups is 1. The van der Waals surface area contributed by atoms with Gasteiger partial charge >= 0.3 is 0 Å². The second kappa shape index (κ2) is 4.89. The molecular formula is C10H15N5O. The lowest BCUT2D eigenvalue weighted by Gasteiger charge is -2.27. The minimum atomic E-state index is -0.411. The Labute approximate surface area is 93.8 Å². The molecule has 6 heteroatoms. The zero-order valence-electron chi connectivity index (χ0n) is 9.02. The quantitative estimate of drug-likeness (QED) is 0.419. The van der Waals surface area contributed by atoms with Crippen LogP contribution >= 0.6 is 0 Å². The first-order chi connectivity index (χ1) is 7.81. The number of carbonyl (C=O) groups excluding carboxylic acids is 1. The Hall–Kier alpha value is -1.69. The molecule has 1 aliphatic rings. The van der Waals surface area contributed by atoms with E-state index >= 15 is 0 Å². The van der Waals surface area contributed by atoms with Crippen LogP contribution in [0.1, 0.15) is 29.8 Å². The van der Waals surface area contributed by atoms with Gasteiger partial charge in [-0.1, -0.05) is 0 Å². The van der Waals surface area contributed by atoms with Crippen LogP contribution < -0.4 is 16.2 Å². The van der Waals surface area contributed by atoms with Crippen LogP contribution in [0.3, 0.4) is 0 Å². The molecule has 0 atom stereocenters. The maximum atomic E-state index is 11.3. The van der Waals surface area contributed by atoms with Gasteiger partial charge in [-0.25, -0.2) is 10.8 Å². The lowest BCUT2D eigenvalue weighted by molar-refractivity contribution is 0.0948. The smallest absolute Gasteiger partial charge is 0.285 e. The summed E-state index contributed by atoms with van der Waals surface area (Å²) < 4.78 is 0. The monoisotopic (exact) mass is 221 g/mol. The highest BCUT2D eigenvalue weighted by atomic mass is 16.2. The number of anilines is 1. The Morgan fingerprint density at radius 2 is 2.06 bits per heavy atom. The van der Waals surface area contributed by atoms with Gasteiger partial charge in [0.05, 0.1) is 12.4 Å². The molecule has 0 radical (unpaired) electrons.